The fraction of sp³-hybridized carbons (Fsp3) is 0.346. The van der Waals surface area contributed by atoms with Crippen LogP contribution in [0.25, 0.3) is 6.08 Å². The molecule has 8 heteroatoms. The number of hydrogen-bond donors (Lipinski definition) is 2. The van der Waals surface area contributed by atoms with E-state index in [9.17, 15) is 8.76 Å². The molecule has 1 aromatic heterocycles. The number of rotatable bonds is 4. The minimum atomic E-state index is -3.42. The normalized spacial score (nSPS) is 23.7. The summed E-state index contributed by atoms with van der Waals surface area (Å²) in [5, 5.41) is 7.36. The maximum Gasteiger partial charge on any atom is 0.325 e. The summed E-state index contributed by atoms with van der Waals surface area (Å²) < 4.78 is 33.0. The Balaban J connectivity index is 1.36. The van der Waals surface area contributed by atoms with Crippen LogP contribution >= 0.6 is 0 Å². The fourth-order valence-corrected chi connectivity index (χ4v) is 7.20. The van der Waals surface area contributed by atoms with Crippen LogP contribution in [0.4, 0.5) is 5.69 Å². The highest BCUT2D eigenvalue weighted by Crippen LogP contribution is 2.47. The van der Waals surface area contributed by atoms with Gasteiger partial charge in [0, 0.05) is 24.6 Å². The minimum Gasteiger partial charge on any atom is -0.489 e. The van der Waals surface area contributed by atoms with Gasteiger partial charge in [0.2, 0.25) is 4.90 Å². The Hall–Kier alpha value is -2.94. The number of piperidine rings is 1. The molecule has 0 spiro atoms. The summed E-state index contributed by atoms with van der Waals surface area (Å²) >= 11 is 0. The molecule has 3 aliphatic rings. The predicted molar refractivity (Wildman–Crippen MR) is 133 cm³/mol. The van der Waals surface area contributed by atoms with Crippen LogP contribution in [0, 0.1) is 5.41 Å². The first-order chi connectivity index (χ1) is 16.4. The zero-order valence-corrected chi connectivity index (χ0v) is 20.1. The predicted octanol–water partition coefficient (Wildman–Crippen LogP) is 4.06. The van der Waals surface area contributed by atoms with Crippen LogP contribution < -0.4 is 9.64 Å². The Kier molecular flexibility index (Phi) is 5.13. The van der Waals surface area contributed by atoms with Gasteiger partial charge in [-0.15, -0.1) is 0 Å². The van der Waals surface area contributed by atoms with Gasteiger partial charge >= 0.3 is 10.4 Å². The van der Waals surface area contributed by atoms with Crippen LogP contribution in [-0.2, 0) is 27.5 Å². The monoisotopic (exact) mass is 477 g/mol. The van der Waals surface area contributed by atoms with Crippen LogP contribution in [0.3, 0.4) is 0 Å². The van der Waals surface area contributed by atoms with E-state index in [0.29, 0.717) is 30.3 Å². The number of nitrogens with zero attached hydrogens (tertiary/aromatic N) is 3. The Labute approximate surface area is 200 Å². The number of ether oxygens (including phenoxy) is 1. The second-order valence-corrected chi connectivity index (χ2v) is 11.6. The number of likely N-dealkylation sites (N-methyl/N-ethyl adjacent to an activating group) is 1. The molecule has 6 rings (SSSR count). The highest BCUT2D eigenvalue weighted by molar-refractivity contribution is 7.95. The largest absolute Gasteiger partial charge is 0.489 e. The van der Waals surface area contributed by atoms with Crippen LogP contribution in [0.5, 0.6) is 5.75 Å². The standard InChI is InChI=1S/C26H28N4O3S/c1-29-11-12-33-25-14-22(7-8-24(25)29)34(31,32)30-10-9-21-13-23-20(17-27-28-23)16-26(21,18-30)15-19-5-3-2-4-6-19/h2-8,13-14,17H,9-12,15-16,18H2,1H3,(H-,27,28,31,32)/p+1. The van der Waals surface area contributed by atoms with Gasteiger partial charge in [-0.1, -0.05) is 40.2 Å². The van der Waals surface area contributed by atoms with Crippen LogP contribution in [0.2, 0.25) is 0 Å². The van der Waals surface area contributed by atoms with Crippen molar-refractivity contribution >= 4 is 22.2 Å². The van der Waals surface area contributed by atoms with Crippen molar-refractivity contribution in [2.45, 2.75) is 24.2 Å². The second-order valence-electron chi connectivity index (χ2n) is 9.61. The molecule has 0 radical (unpaired) electrons. The minimum absolute atomic E-state index is 0.257. The van der Waals surface area contributed by atoms with Crippen molar-refractivity contribution in [3.63, 3.8) is 0 Å². The first-order valence-corrected chi connectivity index (χ1v) is 13.2. The van der Waals surface area contributed by atoms with Crippen LogP contribution in [0.15, 0.2) is 65.2 Å². The molecule has 0 saturated carbocycles. The van der Waals surface area contributed by atoms with Crippen molar-refractivity contribution in [1.82, 2.24) is 14.5 Å². The number of aromatic amines is 1. The van der Waals surface area contributed by atoms with Crippen molar-refractivity contribution in [3.8, 4) is 5.75 Å². The number of aromatic nitrogens is 2. The lowest BCUT2D eigenvalue weighted by Gasteiger charge is -2.45. The van der Waals surface area contributed by atoms with Crippen LogP contribution in [-0.4, -0.2) is 52.3 Å². The van der Waals surface area contributed by atoms with Crippen molar-refractivity contribution in [2.24, 2.45) is 5.41 Å². The number of H-pyrrole nitrogens is 1. The summed E-state index contributed by atoms with van der Waals surface area (Å²) in [4.78, 5) is 2.52. The highest BCUT2D eigenvalue weighted by Gasteiger charge is 2.50. The van der Waals surface area contributed by atoms with E-state index < -0.39 is 10.4 Å². The summed E-state index contributed by atoms with van der Waals surface area (Å²) in [5.74, 6) is 0.672. The van der Waals surface area contributed by atoms with E-state index >= 15 is 0 Å². The Morgan fingerprint density at radius 2 is 2.06 bits per heavy atom. The summed E-state index contributed by atoms with van der Waals surface area (Å²) in [6.45, 7) is 2.41. The molecule has 1 fully saturated rings. The molecule has 176 valence electrons. The average Bonchev–Trinajstić information content (AvgIpc) is 3.29. The quantitative estimate of drug-likeness (QED) is 0.554. The molecule has 2 aliphatic heterocycles. The first kappa shape index (κ1) is 21.6. The molecule has 7 nitrogen and oxygen atoms in total. The molecule has 0 amide bonds. The third-order valence-corrected chi connectivity index (χ3v) is 9.34. The molecule has 2 atom stereocenters. The molecule has 34 heavy (non-hydrogen) atoms. The SMILES string of the molecule is CN1CCOc2cc([S+](=O)(O)N3CCC4=Cc5[nH]ncc5CC4(Cc4ccccc4)C3)ccc21. The van der Waals surface area contributed by atoms with Gasteiger partial charge in [0.15, 0.2) is 0 Å². The first-order valence-electron chi connectivity index (χ1n) is 11.7. The summed E-state index contributed by atoms with van der Waals surface area (Å²) in [6.07, 6.45) is 6.46. The molecule has 0 bridgehead atoms. The van der Waals surface area contributed by atoms with Gasteiger partial charge in [-0.05, 0) is 46.7 Å². The van der Waals surface area contributed by atoms with Crippen LogP contribution in [0.1, 0.15) is 23.2 Å². The average molecular weight is 478 g/mol. The Bertz CT molecular complexity index is 1300. The lowest BCUT2D eigenvalue weighted by Crippen LogP contribution is -2.52. The Morgan fingerprint density at radius 1 is 1.21 bits per heavy atom. The lowest BCUT2D eigenvalue weighted by molar-refractivity contribution is 0.200. The maximum atomic E-state index is 13.9. The molecular formula is C26H29N4O3S+. The highest BCUT2D eigenvalue weighted by atomic mass is 32.3. The summed E-state index contributed by atoms with van der Waals surface area (Å²) in [5.41, 5.74) is 5.48. The van der Waals surface area contributed by atoms with Crippen molar-refractivity contribution < 1.29 is 13.5 Å². The van der Waals surface area contributed by atoms with Gasteiger partial charge < -0.3 is 9.64 Å². The molecule has 2 unspecified atom stereocenters. The number of nitrogens with one attached hydrogen (secondary N) is 1. The van der Waals surface area contributed by atoms with E-state index in [0.717, 1.165) is 42.8 Å². The molecule has 3 aromatic rings. The van der Waals surface area contributed by atoms with Crippen molar-refractivity contribution in [3.05, 3.63) is 77.1 Å². The van der Waals surface area contributed by atoms with Gasteiger partial charge in [-0.2, -0.15) is 9.65 Å². The topological polar surface area (TPSA) is 81.7 Å². The maximum absolute atomic E-state index is 13.9. The molecular weight excluding hydrogens is 448 g/mol. The Morgan fingerprint density at radius 3 is 2.91 bits per heavy atom. The van der Waals surface area contributed by atoms with Gasteiger partial charge in [0.25, 0.3) is 0 Å². The lowest BCUT2D eigenvalue weighted by atomic mass is 9.66. The van der Waals surface area contributed by atoms with Gasteiger partial charge in [-0.3, -0.25) is 5.10 Å². The van der Waals surface area contributed by atoms with Gasteiger partial charge in [-0.25, -0.2) is 0 Å². The number of anilines is 1. The summed E-state index contributed by atoms with van der Waals surface area (Å²) in [7, 11) is -1.41. The molecule has 1 aliphatic carbocycles. The van der Waals surface area contributed by atoms with E-state index in [2.05, 4.69) is 45.4 Å². The number of fused-ring (bicyclic) bond motifs is 3. The zero-order valence-electron chi connectivity index (χ0n) is 19.2. The molecule has 2 N–H and O–H groups in total. The fourth-order valence-electron chi connectivity index (χ4n) is 5.63. The summed E-state index contributed by atoms with van der Waals surface area (Å²) in [6, 6.07) is 15.8. The molecule has 3 heterocycles. The number of benzene rings is 2. The van der Waals surface area contributed by atoms with Crippen molar-refractivity contribution in [2.75, 3.05) is 38.2 Å². The van der Waals surface area contributed by atoms with Gasteiger partial charge in [0.1, 0.15) is 12.4 Å². The molecule has 1 saturated heterocycles. The van der Waals surface area contributed by atoms with E-state index in [4.69, 9.17) is 4.74 Å². The van der Waals surface area contributed by atoms with Gasteiger partial charge in [0.05, 0.1) is 37.2 Å². The van der Waals surface area contributed by atoms with E-state index in [1.54, 1.807) is 16.4 Å². The van der Waals surface area contributed by atoms with Crippen molar-refractivity contribution in [1.29, 1.82) is 0 Å². The third kappa shape index (κ3) is 3.57. The van der Waals surface area contributed by atoms with E-state index in [1.165, 1.54) is 11.1 Å². The smallest absolute Gasteiger partial charge is 0.325 e. The number of hydrogen-bond acceptors (Lipinski definition) is 4. The zero-order chi connectivity index (χ0) is 23.3. The van der Waals surface area contributed by atoms with E-state index in [-0.39, 0.29) is 5.41 Å². The third-order valence-electron chi connectivity index (χ3n) is 7.46. The van der Waals surface area contributed by atoms with E-state index in [1.807, 2.05) is 25.4 Å². The molecule has 2 aromatic carbocycles. The second kappa shape index (κ2) is 8.08.